The van der Waals surface area contributed by atoms with Gasteiger partial charge in [0.05, 0.1) is 18.2 Å². The number of rotatable bonds is 5. The molecule has 2 aromatic heterocycles. The minimum atomic E-state index is -0.734. The Hall–Kier alpha value is -3.52. The number of amides is 1. The first-order valence-electron chi connectivity index (χ1n) is 8.74. The van der Waals surface area contributed by atoms with Crippen LogP contribution in [0.25, 0.3) is 0 Å². The molecule has 0 bridgehead atoms. The molecular weight excluding hydrogens is 396 g/mol. The molecule has 29 heavy (non-hydrogen) atoms. The first kappa shape index (κ1) is 18.8. The Balaban J connectivity index is 1.52. The Morgan fingerprint density at radius 1 is 1.21 bits per heavy atom. The molecule has 0 radical (unpaired) electrons. The molecule has 0 saturated carbocycles. The van der Waals surface area contributed by atoms with Crippen LogP contribution in [0, 0.1) is 0 Å². The van der Waals surface area contributed by atoms with Gasteiger partial charge >= 0.3 is 5.97 Å². The minimum Gasteiger partial charge on any atom is -0.467 e. The summed E-state index contributed by atoms with van der Waals surface area (Å²) in [5.41, 5.74) is 1.57. The molecule has 1 aromatic carbocycles. The molecule has 9 heteroatoms. The minimum absolute atomic E-state index is 0.0228. The van der Waals surface area contributed by atoms with Gasteiger partial charge in [-0.05, 0) is 29.8 Å². The molecule has 0 N–H and O–H groups in total. The number of hydrogen-bond acceptors (Lipinski definition) is 7. The number of nitrogens with zero attached hydrogens (tertiary/aromatic N) is 4. The fourth-order valence-electron chi connectivity index (χ4n) is 2.93. The standard InChI is InChI=1S/C20H15ClN4O4/c21-14-5-3-13(4-6-14)15-10-17(18-2-1-9-28-18)25(24-15)19(26)12-29-20(27)16-11-22-7-8-23-16/h1-9,11,17H,10,12H2/t17-/m1/s1. The fraction of sp³-hybridized carbons (Fsp3) is 0.150. The lowest BCUT2D eigenvalue weighted by molar-refractivity contribution is -0.136. The second-order valence-electron chi connectivity index (χ2n) is 6.19. The van der Waals surface area contributed by atoms with E-state index in [1.807, 2.05) is 12.1 Å². The lowest BCUT2D eigenvalue weighted by atomic mass is 10.0. The molecule has 1 atom stereocenters. The SMILES string of the molecule is O=C(OCC(=O)N1N=C(c2ccc(Cl)cc2)C[C@@H]1c1ccco1)c1cnccn1. The summed E-state index contributed by atoms with van der Waals surface area (Å²) >= 11 is 5.95. The highest BCUT2D eigenvalue weighted by Crippen LogP contribution is 2.33. The van der Waals surface area contributed by atoms with Crippen LogP contribution >= 0.6 is 11.6 Å². The molecule has 4 rings (SSSR count). The van der Waals surface area contributed by atoms with Crippen molar-refractivity contribution in [3.8, 4) is 0 Å². The van der Waals surface area contributed by atoms with Crippen molar-refractivity contribution in [2.24, 2.45) is 5.10 Å². The summed E-state index contributed by atoms with van der Waals surface area (Å²) in [6.07, 6.45) is 6.07. The van der Waals surface area contributed by atoms with Gasteiger partial charge < -0.3 is 9.15 Å². The molecular formula is C20H15ClN4O4. The molecule has 0 aliphatic carbocycles. The van der Waals surface area contributed by atoms with E-state index >= 15 is 0 Å². The summed E-state index contributed by atoms with van der Waals surface area (Å²) in [4.78, 5) is 32.4. The average molecular weight is 411 g/mol. The third-order valence-electron chi connectivity index (χ3n) is 4.31. The Morgan fingerprint density at radius 2 is 2.03 bits per heavy atom. The molecule has 1 aliphatic heterocycles. The monoisotopic (exact) mass is 410 g/mol. The summed E-state index contributed by atoms with van der Waals surface area (Å²) in [6, 6.07) is 10.3. The number of hydrogen-bond donors (Lipinski definition) is 0. The topological polar surface area (TPSA) is 97.9 Å². The molecule has 0 spiro atoms. The number of benzene rings is 1. The van der Waals surface area contributed by atoms with Crippen LogP contribution in [0.4, 0.5) is 0 Å². The van der Waals surface area contributed by atoms with E-state index < -0.39 is 24.5 Å². The van der Waals surface area contributed by atoms with Crippen LogP contribution in [0.15, 0.2) is 70.8 Å². The van der Waals surface area contributed by atoms with Crippen molar-refractivity contribution in [2.45, 2.75) is 12.5 Å². The van der Waals surface area contributed by atoms with Crippen LogP contribution in [-0.4, -0.2) is 39.2 Å². The van der Waals surface area contributed by atoms with E-state index in [4.69, 9.17) is 20.8 Å². The number of ether oxygens (including phenoxy) is 1. The van der Waals surface area contributed by atoms with Gasteiger partial charge in [0, 0.05) is 23.8 Å². The Morgan fingerprint density at radius 3 is 2.72 bits per heavy atom. The van der Waals surface area contributed by atoms with Crippen LogP contribution in [0.2, 0.25) is 5.02 Å². The van der Waals surface area contributed by atoms with Gasteiger partial charge in [-0.15, -0.1) is 0 Å². The fourth-order valence-corrected chi connectivity index (χ4v) is 3.06. The first-order chi connectivity index (χ1) is 14.1. The van der Waals surface area contributed by atoms with E-state index in [1.54, 1.807) is 24.3 Å². The van der Waals surface area contributed by atoms with E-state index in [0.717, 1.165) is 5.56 Å². The summed E-state index contributed by atoms with van der Waals surface area (Å²) in [6.45, 7) is -0.482. The molecule has 0 saturated heterocycles. The van der Waals surface area contributed by atoms with Crippen LogP contribution < -0.4 is 0 Å². The highest BCUT2D eigenvalue weighted by atomic mass is 35.5. The van der Waals surface area contributed by atoms with Crippen molar-refractivity contribution in [1.82, 2.24) is 15.0 Å². The predicted octanol–water partition coefficient (Wildman–Crippen LogP) is 3.26. The second-order valence-corrected chi connectivity index (χ2v) is 6.63. The summed E-state index contributed by atoms with van der Waals surface area (Å²) in [5, 5.41) is 6.35. The molecule has 8 nitrogen and oxygen atoms in total. The maximum absolute atomic E-state index is 12.8. The van der Waals surface area contributed by atoms with Gasteiger partial charge in [0.25, 0.3) is 5.91 Å². The summed E-state index contributed by atoms with van der Waals surface area (Å²) < 4.78 is 10.6. The largest absolute Gasteiger partial charge is 0.467 e. The predicted molar refractivity (Wildman–Crippen MR) is 103 cm³/mol. The Kier molecular flexibility index (Phi) is 5.35. The van der Waals surface area contributed by atoms with Crippen molar-refractivity contribution in [3.05, 3.63) is 83.3 Å². The van der Waals surface area contributed by atoms with E-state index in [-0.39, 0.29) is 5.69 Å². The molecule has 146 valence electrons. The number of esters is 1. The van der Waals surface area contributed by atoms with Crippen LogP contribution in [0.5, 0.6) is 0 Å². The van der Waals surface area contributed by atoms with Crippen molar-refractivity contribution < 1.29 is 18.7 Å². The van der Waals surface area contributed by atoms with Gasteiger partial charge in [-0.1, -0.05) is 23.7 Å². The zero-order valence-electron chi connectivity index (χ0n) is 15.1. The maximum Gasteiger partial charge on any atom is 0.359 e. The third kappa shape index (κ3) is 4.17. The molecule has 1 amide bonds. The van der Waals surface area contributed by atoms with Gasteiger partial charge in [-0.2, -0.15) is 5.10 Å². The summed E-state index contributed by atoms with van der Waals surface area (Å²) in [7, 11) is 0. The number of carbonyl (C=O) groups is 2. The van der Waals surface area contributed by atoms with E-state index in [2.05, 4.69) is 15.1 Å². The van der Waals surface area contributed by atoms with E-state index in [1.165, 1.54) is 29.9 Å². The average Bonchev–Trinajstić information content (AvgIpc) is 3.43. The molecule has 0 fully saturated rings. The molecule has 0 unspecified atom stereocenters. The van der Waals surface area contributed by atoms with Crippen molar-refractivity contribution in [1.29, 1.82) is 0 Å². The van der Waals surface area contributed by atoms with Gasteiger partial charge in [-0.25, -0.2) is 14.8 Å². The zero-order valence-corrected chi connectivity index (χ0v) is 15.8. The molecule has 3 aromatic rings. The lowest BCUT2D eigenvalue weighted by Crippen LogP contribution is -2.31. The van der Waals surface area contributed by atoms with Gasteiger partial charge in [-0.3, -0.25) is 9.78 Å². The first-order valence-corrected chi connectivity index (χ1v) is 9.11. The highest BCUT2D eigenvalue weighted by Gasteiger charge is 2.35. The van der Waals surface area contributed by atoms with Crippen LogP contribution in [-0.2, 0) is 9.53 Å². The molecule has 3 heterocycles. The van der Waals surface area contributed by atoms with E-state index in [9.17, 15) is 9.59 Å². The third-order valence-corrected chi connectivity index (χ3v) is 4.57. The smallest absolute Gasteiger partial charge is 0.359 e. The van der Waals surface area contributed by atoms with Crippen LogP contribution in [0.1, 0.15) is 34.3 Å². The lowest BCUT2D eigenvalue weighted by Gasteiger charge is -2.19. The number of carbonyl (C=O) groups excluding carboxylic acids is 2. The quantitative estimate of drug-likeness (QED) is 0.599. The van der Waals surface area contributed by atoms with Gasteiger partial charge in [0.15, 0.2) is 12.3 Å². The molecule has 1 aliphatic rings. The second kappa shape index (κ2) is 8.24. The Bertz CT molecular complexity index is 1040. The number of aromatic nitrogens is 2. The summed E-state index contributed by atoms with van der Waals surface area (Å²) in [5.74, 6) is -0.624. The van der Waals surface area contributed by atoms with Crippen molar-refractivity contribution in [2.75, 3.05) is 6.61 Å². The van der Waals surface area contributed by atoms with Gasteiger partial charge in [0.1, 0.15) is 11.8 Å². The highest BCUT2D eigenvalue weighted by molar-refractivity contribution is 6.30. The number of furan rings is 1. The van der Waals surface area contributed by atoms with Crippen molar-refractivity contribution >= 4 is 29.2 Å². The zero-order chi connectivity index (χ0) is 20.2. The van der Waals surface area contributed by atoms with Gasteiger partial charge in [0.2, 0.25) is 0 Å². The van der Waals surface area contributed by atoms with Crippen molar-refractivity contribution in [3.63, 3.8) is 0 Å². The Labute approximate surface area is 170 Å². The van der Waals surface area contributed by atoms with Crippen LogP contribution in [0.3, 0.4) is 0 Å². The van der Waals surface area contributed by atoms with E-state index in [0.29, 0.717) is 22.9 Å². The number of halogens is 1. The number of hydrazone groups is 1. The maximum atomic E-state index is 12.8. The normalized spacial score (nSPS) is 15.8.